The first-order chi connectivity index (χ1) is 12.5. The van der Waals surface area contributed by atoms with E-state index in [-0.39, 0.29) is 42.2 Å². The molecule has 8 heteroatoms. The average Bonchev–Trinajstić information content (AvgIpc) is 3.12. The van der Waals surface area contributed by atoms with Gasteiger partial charge < -0.3 is 20.0 Å². The maximum absolute atomic E-state index is 13.4. The molecule has 0 aliphatic heterocycles. The van der Waals surface area contributed by atoms with E-state index >= 15 is 0 Å². The molecular weight excluding hydrogens is 462 g/mol. The summed E-state index contributed by atoms with van der Waals surface area (Å²) in [6, 6.07) is 8.66. The minimum absolute atomic E-state index is 0. The predicted octanol–water partition coefficient (Wildman–Crippen LogP) is 2.71. The fourth-order valence-corrected chi connectivity index (χ4v) is 2.23. The quantitative estimate of drug-likeness (QED) is 0.358. The second-order valence-electron chi connectivity index (χ2n) is 6.15. The SMILES string of the molecule is Cc1cc(CN=C(NCCc2ccco2)NCC(=O)N(C)C)ccc1F.I. The second-order valence-corrected chi connectivity index (χ2v) is 6.15. The van der Waals surface area contributed by atoms with Crippen LogP contribution in [0, 0.1) is 12.7 Å². The maximum Gasteiger partial charge on any atom is 0.241 e. The van der Waals surface area contributed by atoms with Crippen molar-refractivity contribution in [3.63, 3.8) is 0 Å². The van der Waals surface area contributed by atoms with Crippen LogP contribution in [-0.2, 0) is 17.8 Å². The van der Waals surface area contributed by atoms with Gasteiger partial charge in [-0.2, -0.15) is 0 Å². The first kappa shape index (κ1) is 22.9. The zero-order valence-electron chi connectivity index (χ0n) is 15.8. The molecule has 1 aromatic carbocycles. The largest absolute Gasteiger partial charge is 0.469 e. The maximum atomic E-state index is 13.4. The van der Waals surface area contributed by atoms with E-state index in [1.54, 1.807) is 39.4 Å². The molecule has 2 rings (SSSR count). The van der Waals surface area contributed by atoms with Crippen LogP contribution in [0.5, 0.6) is 0 Å². The van der Waals surface area contributed by atoms with Crippen LogP contribution < -0.4 is 10.6 Å². The number of carbonyl (C=O) groups is 1. The number of aliphatic imine (C=N–C) groups is 1. The Labute approximate surface area is 176 Å². The number of hydrogen-bond donors (Lipinski definition) is 2. The minimum atomic E-state index is -0.232. The Bertz CT molecular complexity index is 748. The van der Waals surface area contributed by atoms with Crippen molar-refractivity contribution < 1.29 is 13.6 Å². The van der Waals surface area contributed by atoms with Gasteiger partial charge in [-0.25, -0.2) is 9.38 Å². The smallest absolute Gasteiger partial charge is 0.241 e. The topological polar surface area (TPSA) is 69.9 Å². The molecule has 0 fully saturated rings. The zero-order chi connectivity index (χ0) is 18.9. The standard InChI is InChI=1S/C19H25FN4O2.HI/c1-14-11-15(6-7-17(14)20)12-22-19(23-13-18(25)24(2)3)21-9-8-16-5-4-10-26-16;/h4-7,10-11H,8-9,12-13H2,1-3H3,(H2,21,22,23);1H. The Morgan fingerprint density at radius 2 is 2.04 bits per heavy atom. The lowest BCUT2D eigenvalue weighted by molar-refractivity contribution is -0.127. The number of rotatable bonds is 7. The van der Waals surface area contributed by atoms with E-state index in [1.165, 1.54) is 11.0 Å². The molecule has 148 valence electrons. The minimum Gasteiger partial charge on any atom is -0.469 e. The second kappa shape index (κ2) is 11.6. The summed E-state index contributed by atoms with van der Waals surface area (Å²) >= 11 is 0. The Morgan fingerprint density at radius 1 is 1.26 bits per heavy atom. The van der Waals surface area contributed by atoms with Crippen molar-refractivity contribution in [3.8, 4) is 0 Å². The number of furan rings is 1. The van der Waals surface area contributed by atoms with Gasteiger partial charge in [0.1, 0.15) is 11.6 Å². The first-order valence-electron chi connectivity index (χ1n) is 8.45. The summed E-state index contributed by atoms with van der Waals surface area (Å²) in [6.45, 7) is 2.85. The monoisotopic (exact) mass is 488 g/mol. The Morgan fingerprint density at radius 3 is 2.67 bits per heavy atom. The van der Waals surface area contributed by atoms with Gasteiger partial charge in [0.15, 0.2) is 5.96 Å². The van der Waals surface area contributed by atoms with E-state index in [0.717, 1.165) is 11.3 Å². The number of aryl methyl sites for hydroxylation is 1. The highest BCUT2D eigenvalue weighted by atomic mass is 127. The number of benzene rings is 1. The van der Waals surface area contributed by atoms with E-state index in [9.17, 15) is 9.18 Å². The van der Waals surface area contributed by atoms with Crippen LogP contribution in [0.3, 0.4) is 0 Å². The molecule has 1 heterocycles. The third-order valence-electron chi connectivity index (χ3n) is 3.79. The number of nitrogens with zero attached hydrogens (tertiary/aromatic N) is 2. The van der Waals surface area contributed by atoms with Crippen LogP contribution >= 0.6 is 24.0 Å². The first-order valence-corrected chi connectivity index (χ1v) is 8.45. The van der Waals surface area contributed by atoms with Crippen LogP contribution in [-0.4, -0.2) is 44.0 Å². The number of amides is 1. The third-order valence-corrected chi connectivity index (χ3v) is 3.79. The molecule has 1 amide bonds. The van der Waals surface area contributed by atoms with Crippen molar-refractivity contribution in [1.29, 1.82) is 0 Å². The number of carbonyl (C=O) groups excluding carboxylic acids is 1. The van der Waals surface area contributed by atoms with Crippen LogP contribution in [0.15, 0.2) is 46.0 Å². The van der Waals surface area contributed by atoms with Crippen molar-refractivity contribution in [1.82, 2.24) is 15.5 Å². The van der Waals surface area contributed by atoms with Crippen molar-refractivity contribution >= 4 is 35.8 Å². The van der Waals surface area contributed by atoms with E-state index in [0.29, 0.717) is 31.0 Å². The molecule has 0 spiro atoms. The van der Waals surface area contributed by atoms with Crippen LogP contribution in [0.2, 0.25) is 0 Å². The average molecular weight is 488 g/mol. The lowest BCUT2D eigenvalue weighted by Gasteiger charge is -2.15. The summed E-state index contributed by atoms with van der Waals surface area (Å²) in [6.07, 6.45) is 2.33. The number of guanidine groups is 1. The summed E-state index contributed by atoms with van der Waals surface area (Å²) in [7, 11) is 3.40. The Kier molecular flexibility index (Phi) is 9.84. The molecule has 0 saturated carbocycles. The highest BCUT2D eigenvalue weighted by Crippen LogP contribution is 2.10. The van der Waals surface area contributed by atoms with Gasteiger partial charge in [-0.1, -0.05) is 12.1 Å². The van der Waals surface area contributed by atoms with Gasteiger partial charge in [0.2, 0.25) is 5.91 Å². The van der Waals surface area contributed by atoms with Crippen molar-refractivity contribution in [2.45, 2.75) is 19.9 Å². The molecule has 0 unspecified atom stereocenters. The molecule has 0 saturated heterocycles. The molecule has 1 aromatic heterocycles. The summed E-state index contributed by atoms with van der Waals surface area (Å²) < 4.78 is 18.7. The third kappa shape index (κ3) is 7.98. The molecule has 2 aromatic rings. The predicted molar refractivity (Wildman–Crippen MR) is 115 cm³/mol. The van der Waals surface area contributed by atoms with Gasteiger partial charge in [0.05, 0.1) is 19.4 Å². The molecule has 27 heavy (non-hydrogen) atoms. The highest BCUT2D eigenvalue weighted by Gasteiger charge is 2.07. The number of likely N-dealkylation sites (N-methyl/N-ethyl adjacent to an activating group) is 1. The van der Waals surface area contributed by atoms with Crippen molar-refractivity contribution in [3.05, 3.63) is 59.3 Å². The summed E-state index contributed by atoms with van der Waals surface area (Å²) in [5.41, 5.74) is 1.48. The van der Waals surface area contributed by atoms with Crippen molar-refractivity contribution in [2.75, 3.05) is 27.2 Å². The van der Waals surface area contributed by atoms with Crippen LogP contribution in [0.1, 0.15) is 16.9 Å². The van der Waals surface area contributed by atoms with Gasteiger partial charge in [-0.15, -0.1) is 24.0 Å². The molecule has 0 radical (unpaired) electrons. The van der Waals surface area contributed by atoms with Crippen molar-refractivity contribution in [2.24, 2.45) is 4.99 Å². The van der Waals surface area contributed by atoms with Gasteiger partial charge in [0.25, 0.3) is 0 Å². The van der Waals surface area contributed by atoms with E-state index in [2.05, 4.69) is 15.6 Å². The molecular formula is C19H26FIN4O2. The van der Waals surface area contributed by atoms with E-state index in [1.807, 2.05) is 12.1 Å². The molecule has 0 bridgehead atoms. The number of hydrogen-bond acceptors (Lipinski definition) is 3. The number of nitrogens with one attached hydrogen (secondary N) is 2. The van der Waals surface area contributed by atoms with Gasteiger partial charge in [0, 0.05) is 27.1 Å². The summed E-state index contributed by atoms with van der Waals surface area (Å²) in [5.74, 6) is 1.11. The molecule has 0 aliphatic carbocycles. The molecule has 2 N–H and O–H groups in total. The summed E-state index contributed by atoms with van der Waals surface area (Å²) in [4.78, 5) is 17.8. The number of halogens is 2. The van der Waals surface area contributed by atoms with E-state index < -0.39 is 0 Å². The van der Waals surface area contributed by atoms with Crippen LogP contribution in [0.25, 0.3) is 0 Å². The van der Waals surface area contributed by atoms with Gasteiger partial charge >= 0.3 is 0 Å². The zero-order valence-corrected chi connectivity index (χ0v) is 18.1. The lowest BCUT2D eigenvalue weighted by atomic mass is 10.1. The Hall–Kier alpha value is -2.10. The molecule has 0 atom stereocenters. The summed E-state index contributed by atoms with van der Waals surface area (Å²) in [5, 5.41) is 6.20. The lowest BCUT2D eigenvalue weighted by Crippen LogP contribution is -2.43. The van der Waals surface area contributed by atoms with Crippen LogP contribution in [0.4, 0.5) is 4.39 Å². The van der Waals surface area contributed by atoms with Gasteiger partial charge in [-0.05, 0) is 36.2 Å². The highest BCUT2D eigenvalue weighted by molar-refractivity contribution is 14.0. The fourth-order valence-electron chi connectivity index (χ4n) is 2.23. The normalized spacial score (nSPS) is 10.9. The van der Waals surface area contributed by atoms with Gasteiger partial charge in [-0.3, -0.25) is 4.79 Å². The Balaban J connectivity index is 0.00000364. The van der Waals surface area contributed by atoms with E-state index in [4.69, 9.17) is 4.42 Å². The molecule has 0 aliphatic rings. The fraction of sp³-hybridized carbons (Fsp3) is 0.368. The molecule has 6 nitrogen and oxygen atoms in total.